The van der Waals surface area contributed by atoms with E-state index in [1.807, 2.05) is 0 Å². The third-order valence-corrected chi connectivity index (χ3v) is 4.63. The van der Waals surface area contributed by atoms with Crippen LogP contribution in [0.1, 0.15) is 11.1 Å². The lowest BCUT2D eigenvalue weighted by Crippen LogP contribution is -2.33. The lowest BCUT2D eigenvalue weighted by Gasteiger charge is -2.33. The molecule has 0 amide bonds. The summed E-state index contributed by atoms with van der Waals surface area (Å²) in [6.07, 6.45) is 4.52. The molecule has 1 fully saturated rings. The summed E-state index contributed by atoms with van der Waals surface area (Å²) in [6, 6.07) is 6.42. The summed E-state index contributed by atoms with van der Waals surface area (Å²) in [5, 5.41) is 0. The quantitative estimate of drug-likeness (QED) is 0.635. The standard InChI is InChI=1S/C13H10INO/c14-9-3-1-2-7-8-4-5-10-13(6-15,16-10)12(8)11(7)9/h1-5,10H,6,15H2. The molecule has 1 aliphatic heterocycles. The molecular weight excluding hydrogens is 313 g/mol. The summed E-state index contributed by atoms with van der Waals surface area (Å²) in [5.41, 5.74) is 11.0. The number of fused-ring (bicyclic) bond motifs is 5. The largest absolute Gasteiger partial charge is 0.355 e. The Labute approximate surface area is 107 Å². The Kier molecular flexibility index (Phi) is 1.63. The van der Waals surface area contributed by atoms with E-state index in [1.165, 1.54) is 25.8 Å². The molecule has 2 aliphatic carbocycles. The molecule has 16 heavy (non-hydrogen) atoms. The number of epoxide rings is 1. The smallest absolute Gasteiger partial charge is 0.137 e. The van der Waals surface area contributed by atoms with Crippen molar-refractivity contribution in [1.82, 2.24) is 0 Å². The number of halogens is 1. The highest BCUT2D eigenvalue weighted by Crippen LogP contribution is 2.60. The van der Waals surface area contributed by atoms with Gasteiger partial charge >= 0.3 is 0 Å². The van der Waals surface area contributed by atoms with E-state index in [0.717, 1.165) is 0 Å². The molecule has 3 heteroatoms. The van der Waals surface area contributed by atoms with Gasteiger partial charge in [0.2, 0.25) is 0 Å². The number of rotatable bonds is 1. The number of hydrogen-bond donors (Lipinski definition) is 1. The number of allylic oxidation sites excluding steroid dienone is 2. The summed E-state index contributed by atoms with van der Waals surface area (Å²) >= 11 is 2.39. The van der Waals surface area contributed by atoms with Gasteiger partial charge in [-0.25, -0.2) is 0 Å². The van der Waals surface area contributed by atoms with Crippen LogP contribution in [0.5, 0.6) is 0 Å². The molecule has 2 N–H and O–H groups in total. The Bertz CT molecular complexity index is 575. The summed E-state index contributed by atoms with van der Waals surface area (Å²) in [4.78, 5) is 0. The van der Waals surface area contributed by atoms with Crippen LogP contribution in [0.25, 0.3) is 11.1 Å². The van der Waals surface area contributed by atoms with Crippen molar-refractivity contribution in [2.75, 3.05) is 6.54 Å². The van der Waals surface area contributed by atoms with E-state index in [2.05, 4.69) is 52.9 Å². The number of benzene rings is 1. The van der Waals surface area contributed by atoms with Gasteiger partial charge in [-0.1, -0.05) is 24.3 Å². The topological polar surface area (TPSA) is 38.5 Å². The lowest BCUT2D eigenvalue weighted by atomic mass is 9.70. The highest BCUT2D eigenvalue weighted by atomic mass is 127. The fourth-order valence-corrected chi connectivity index (χ4v) is 3.63. The van der Waals surface area contributed by atoms with E-state index in [9.17, 15) is 0 Å². The van der Waals surface area contributed by atoms with Gasteiger partial charge in [0.15, 0.2) is 0 Å². The van der Waals surface area contributed by atoms with Gasteiger partial charge in [-0.15, -0.1) is 0 Å². The van der Waals surface area contributed by atoms with Crippen molar-refractivity contribution in [3.8, 4) is 0 Å². The molecule has 0 radical (unpaired) electrons. The Morgan fingerprint density at radius 1 is 1.44 bits per heavy atom. The van der Waals surface area contributed by atoms with Gasteiger partial charge in [-0.2, -0.15) is 0 Å². The minimum Gasteiger partial charge on any atom is -0.355 e. The zero-order valence-corrected chi connectivity index (χ0v) is 10.7. The Morgan fingerprint density at radius 2 is 2.31 bits per heavy atom. The Balaban J connectivity index is 1.97. The highest BCUT2D eigenvalue weighted by molar-refractivity contribution is 14.1. The molecule has 0 bridgehead atoms. The van der Waals surface area contributed by atoms with Gasteiger partial charge in [0.25, 0.3) is 0 Å². The maximum atomic E-state index is 5.88. The second kappa shape index (κ2) is 2.78. The van der Waals surface area contributed by atoms with Crippen LogP contribution in [0.15, 0.2) is 30.4 Å². The predicted molar refractivity (Wildman–Crippen MR) is 71.8 cm³/mol. The van der Waals surface area contributed by atoms with Crippen molar-refractivity contribution in [2.24, 2.45) is 5.73 Å². The van der Waals surface area contributed by atoms with Gasteiger partial charge < -0.3 is 10.5 Å². The van der Waals surface area contributed by atoms with Crippen LogP contribution in [-0.4, -0.2) is 18.2 Å². The van der Waals surface area contributed by atoms with E-state index in [0.29, 0.717) is 6.54 Å². The van der Waals surface area contributed by atoms with Crippen molar-refractivity contribution in [1.29, 1.82) is 0 Å². The van der Waals surface area contributed by atoms with Crippen molar-refractivity contribution < 1.29 is 4.74 Å². The van der Waals surface area contributed by atoms with Crippen LogP contribution < -0.4 is 5.73 Å². The minimum absolute atomic E-state index is 0.196. The van der Waals surface area contributed by atoms with Crippen molar-refractivity contribution in [3.63, 3.8) is 0 Å². The van der Waals surface area contributed by atoms with Crippen LogP contribution in [-0.2, 0) is 4.74 Å². The highest BCUT2D eigenvalue weighted by Gasteiger charge is 2.61. The maximum Gasteiger partial charge on any atom is 0.137 e. The van der Waals surface area contributed by atoms with E-state index in [4.69, 9.17) is 10.5 Å². The average Bonchev–Trinajstić information content (AvgIpc) is 2.98. The molecule has 0 aromatic heterocycles. The van der Waals surface area contributed by atoms with Crippen LogP contribution in [0, 0.1) is 3.57 Å². The van der Waals surface area contributed by atoms with E-state index < -0.39 is 0 Å². The molecule has 1 aromatic rings. The zero-order valence-electron chi connectivity index (χ0n) is 8.53. The first-order valence-corrected chi connectivity index (χ1v) is 6.46. The number of hydrogen-bond acceptors (Lipinski definition) is 2. The molecule has 80 valence electrons. The van der Waals surface area contributed by atoms with E-state index in [-0.39, 0.29) is 11.7 Å². The summed E-state index contributed by atoms with van der Waals surface area (Å²) in [7, 11) is 0. The predicted octanol–water partition coefficient (Wildman–Crippen LogP) is 2.18. The molecule has 0 saturated carbocycles. The Morgan fingerprint density at radius 3 is 3.12 bits per heavy atom. The third-order valence-electron chi connectivity index (χ3n) is 3.73. The molecule has 1 aromatic carbocycles. The van der Waals surface area contributed by atoms with Crippen LogP contribution in [0.4, 0.5) is 0 Å². The van der Waals surface area contributed by atoms with Gasteiger partial charge in [0.1, 0.15) is 11.7 Å². The molecular formula is C13H10INO. The monoisotopic (exact) mass is 323 g/mol. The summed E-state index contributed by atoms with van der Waals surface area (Å²) in [5.74, 6) is 0. The van der Waals surface area contributed by atoms with Gasteiger partial charge in [0.05, 0.1) is 0 Å². The summed E-state index contributed by atoms with van der Waals surface area (Å²) < 4.78 is 7.08. The molecule has 1 saturated heterocycles. The minimum atomic E-state index is -0.196. The summed E-state index contributed by atoms with van der Waals surface area (Å²) in [6.45, 7) is 0.575. The van der Waals surface area contributed by atoms with E-state index in [1.54, 1.807) is 0 Å². The Hall–Kier alpha value is -0.650. The second-order valence-electron chi connectivity index (χ2n) is 4.44. The first-order chi connectivity index (χ1) is 7.78. The van der Waals surface area contributed by atoms with Gasteiger partial charge in [-0.05, 0) is 39.8 Å². The first kappa shape index (κ1) is 9.39. The van der Waals surface area contributed by atoms with E-state index >= 15 is 0 Å². The average molecular weight is 323 g/mol. The second-order valence-corrected chi connectivity index (χ2v) is 5.60. The maximum absolute atomic E-state index is 5.88. The molecule has 2 unspecified atom stereocenters. The molecule has 3 aliphatic rings. The van der Waals surface area contributed by atoms with Crippen LogP contribution >= 0.6 is 22.6 Å². The molecule has 2 nitrogen and oxygen atoms in total. The normalized spacial score (nSPS) is 32.8. The van der Waals surface area contributed by atoms with Gasteiger partial charge in [-0.3, -0.25) is 0 Å². The van der Waals surface area contributed by atoms with Crippen molar-refractivity contribution >= 4 is 33.7 Å². The van der Waals surface area contributed by atoms with Crippen molar-refractivity contribution in [3.05, 3.63) is 45.0 Å². The SMILES string of the molecule is NCC12OC1C=CC1=C2c2c(I)cccc21. The fraction of sp³-hybridized carbons (Fsp3) is 0.231. The molecule has 0 spiro atoms. The van der Waals surface area contributed by atoms with Gasteiger partial charge in [0, 0.05) is 21.3 Å². The fourth-order valence-electron chi connectivity index (χ4n) is 2.86. The molecule has 4 rings (SSSR count). The zero-order chi connectivity index (χ0) is 10.9. The third kappa shape index (κ3) is 0.871. The molecule has 1 heterocycles. The van der Waals surface area contributed by atoms with Crippen LogP contribution in [0.2, 0.25) is 0 Å². The molecule has 2 atom stereocenters. The first-order valence-electron chi connectivity index (χ1n) is 5.38. The lowest BCUT2D eigenvalue weighted by molar-refractivity contribution is 0.352. The number of ether oxygens (including phenoxy) is 1. The van der Waals surface area contributed by atoms with Crippen molar-refractivity contribution in [2.45, 2.75) is 11.7 Å². The number of nitrogens with two attached hydrogens (primary N) is 1. The van der Waals surface area contributed by atoms with Crippen LogP contribution in [0.3, 0.4) is 0 Å².